The van der Waals surface area contributed by atoms with Gasteiger partial charge in [-0.25, -0.2) is 8.91 Å². The lowest BCUT2D eigenvalue weighted by atomic mass is 10.1. The van der Waals surface area contributed by atoms with Crippen LogP contribution in [0.15, 0.2) is 42.6 Å². The summed E-state index contributed by atoms with van der Waals surface area (Å²) in [7, 11) is 0. The molecule has 3 rings (SSSR count). The Labute approximate surface area is 122 Å². The van der Waals surface area contributed by atoms with E-state index in [1.165, 1.54) is 12.1 Å². The molecule has 3 aromatic rings. The fraction of sp³-hybridized carbons (Fsp3) is 0.250. The number of pyridine rings is 1. The van der Waals surface area contributed by atoms with Gasteiger partial charge in [-0.15, -0.1) is 5.10 Å². The number of benzene rings is 1. The minimum absolute atomic E-state index is 0.161. The van der Waals surface area contributed by atoms with Crippen molar-refractivity contribution in [2.45, 2.75) is 26.3 Å². The third-order valence-electron chi connectivity index (χ3n) is 3.32. The van der Waals surface area contributed by atoms with Crippen molar-refractivity contribution in [1.29, 1.82) is 0 Å². The van der Waals surface area contributed by atoms with Crippen molar-refractivity contribution >= 4 is 11.6 Å². The molecule has 21 heavy (non-hydrogen) atoms. The Hall–Kier alpha value is -2.43. The highest BCUT2D eigenvalue weighted by atomic mass is 19.1. The molecule has 108 valence electrons. The van der Waals surface area contributed by atoms with Crippen LogP contribution in [-0.4, -0.2) is 20.6 Å². The van der Waals surface area contributed by atoms with E-state index in [1.807, 2.05) is 25.3 Å². The molecule has 0 fully saturated rings. The molecule has 4 nitrogen and oxygen atoms in total. The van der Waals surface area contributed by atoms with Gasteiger partial charge < -0.3 is 5.32 Å². The Morgan fingerprint density at radius 2 is 2.00 bits per heavy atom. The van der Waals surface area contributed by atoms with E-state index in [0.29, 0.717) is 5.95 Å². The van der Waals surface area contributed by atoms with Gasteiger partial charge in [0.05, 0.1) is 0 Å². The molecular weight excluding hydrogens is 267 g/mol. The molecule has 2 heterocycles. The molecular formula is C16H17FN4. The van der Waals surface area contributed by atoms with Gasteiger partial charge in [-0.05, 0) is 55.7 Å². The first-order valence-electron chi connectivity index (χ1n) is 6.94. The van der Waals surface area contributed by atoms with Gasteiger partial charge >= 0.3 is 0 Å². The zero-order valence-electron chi connectivity index (χ0n) is 12.0. The lowest BCUT2D eigenvalue weighted by molar-refractivity contribution is 0.626. The van der Waals surface area contributed by atoms with Crippen LogP contribution < -0.4 is 5.32 Å². The Bertz CT molecular complexity index is 749. The zero-order valence-corrected chi connectivity index (χ0v) is 12.0. The van der Waals surface area contributed by atoms with Crippen molar-refractivity contribution in [1.82, 2.24) is 14.6 Å². The Balaban J connectivity index is 1.70. The summed E-state index contributed by atoms with van der Waals surface area (Å²) >= 11 is 0. The third-order valence-corrected chi connectivity index (χ3v) is 3.32. The summed E-state index contributed by atoms with van der Waals surface area (Å²) in [6.45, 7) is 4.08. The molecule has 0 saturated heterocycles. The smallest absolute Gasteiger partial charge is 0.243 e. The second-order valence-corrected chi connectivity index (χ2v) is 5.32. The minimum Gasteiger partial charge on any atom is -0.350 e. The number of nitrogens with one attached hydrogen (secondary N) is 1. The van der Waals surface area contributed by atoms with E-state index in [2.05, 4.69) is 22.3 Å². The molecule has 0 aliphatic rings. The summed E-state index contributed by atoms with van der Waals surface area (Å²) in [6, 6.07) is 10.7. The fourth-order valence-corrected chi connectivity index (χ4v) is 2.29. The van der Waals surface area contributed by atoms with Crippen molar-refractivity contribution in [3.63, 3.8) is 0 Å². The third kappa shape index (κ3) is 3.18. The Kier molecular flexibility index (Phi) is 3.56. The SMILES string of the molecule is Cc1ccn2nc(NC(C)Cc3ccc(F)cc3)nc2c1. The van der Waals surface area contributed by atoms with Crippen LogP contribution in [0.3, 0.4) is 0 Å². The number of fused-ring (bicyclic) bond motifs is 1. The molecule has 2 aromatic heterocycles. The van der Waals surface area contributed by atoms with Crippen LogP contribution >= 0.6 is 0 Å². The number of hydrogen-bond acceptors (Lipinski definition) is 3. The fourth-order valence-electron chi connectivity index (χ4n) is 2.29. The topological polar surface area (TPSA) is 42.2 Å². The van der Waals surface area contributed by atoms with Crippen molar-refractivity contribution < 1.29 is 4.39 Å². The lowest BCUT2D eigenvalue weighted by Gasteiger charge is -2.12. The largest absolute Gasteiger partial charge is 0.350 e. The van der Waals surface area contributed by atoms with Gasteiger partial charge in [-0.2, -0.15) is 4.98 Å². The quantitative estimate of drug-likeness (QED) is 0.800. The summed E-state index contributed by atoms with van der Waals surface area (Å²) in [6.07, 6.45) is 2.68. The van der Waals surface area contributed by atoms with Crippen molar-refractivity contribution in [3.05, 3.63) is 59.5 Å². The maximum atomic E-state index is 12.9. The van der Waals surface area contributed by atoms with Gasteiger partial charge in [0.1, 0.15) is 5.82 Å². The highest BCUT2D eigenvalue weighted by Gasteiger charge is 2.08. The second kappa shape index (κ2) is 5.52. The van der Waals surface area contributed by atoms with E-state index in [9.17, 15) is 4.39 Å². The van der Waals surface area contributed by atoms with Crippen LogP contribution in [0.5, 0.6) is 0 Å². The van der Waals surface area contributed by atoms with Crippen LogP contribution in [0.4, 0.5) is 10.3 Å². The van der Waals surface area contributed by atoms with E-state index in [0.717, 1.165) is 23.2 Å². The van der Waals surface area contributed by atoms with Crippen molar-refractivity contribution in [2.24, 2.45) is 0 Å². The standard InChI is InChI=1S/C16H17FN4/c1-11-7-8-21-15(9-11)19-16(20-21)18-12(2)10-13-3-5-14(17)6-4-13/h3-9,12H,10H2,1-2H3,(H,18,20). The van der Waals surface area contributed by atoms with Crippen molar-refractivity contribution in [2.75, 3.05) is 5.32 Å². The summed E-state index contributed by atoms with van der Waals surface area (Å²) in [4.78, 5) is 4.45. The summed E-state index contributed by atoms with van der Waals surface area (Å²) in [5.74, 6) is 0.395. The van der Waals surface area contributed by atoms with Gasteiger partial charge in [0.15, 0.2) is 5.65 Å². The average Bonchev–Trinajstić information content (AvgIpc) is 2.82. The van der Waals surface area contributed by atoms with Crippen LogP contribution in [-0.2, 0) is 6.42 Å². The number of rotatable bonds is 4. The Morgan fingerprint density at radius 3 is 2.76 bits per heavy atom. The number of aryl methyl sites for hydroxylation is 1. The average molecular weight is 284 g/mol. The van der Waals surface area contributed by atoms with Gasteiger partial charge in [0.2, 0.25) is 5.95 Å². The molecule has 1 N–H and O–H groups in total. The van der Waals surface area contributed by atoms with Gasteiger partial charge in [-0.1, -0.05) is 12.1 Å². The van der Waals surface area contributed by atoms with Crippen LogP contribution in [0.1, 0.15) is 18.1 Å². The molecule has 0 radical (unpaired) electrons. The normalized spacial score (nSPS) is 12.5. The summed E-state index contributed by atoms with van der Waals surface area (Å²) in [5, 5.41) is 7.66. The molecule has 1 aromatic carbocycles. The maximum Gasteiger partial charge on any atom is 0.243 e. The molecule has 0 amide bonds. The molecule has 5 heteroatoms. The zero-order chi connectivity index (χ0) is 14.8. The van der Waals surface area contributed by atoms with Crippen LogP contribution in [0.2, 0.25) is 0 Å². The van der Waals surface area contributed by atoms with E-state index < -0.39 is 0 Å². The van der Waals surface area contributed by atoms with E-state index >= 15 is 0 Å². The van der Waals surface area contributed by atoms with E-state index in [4.69, 9.17) is 0 Å². The molecule has 0 aliphatic heterocycles. The summed E-state index contributed by atoms with van der Waals surface area (Å²) < 4.78 is 14.6. The maximum absolute atomic E-state index is 12.9. The van der Waals surface area contributed by atoms with Crippen molar-refractivity contribution in [3.8, 4) is 0 Å². The van der Waals surface area contributed by atoms with Gasteiger partial charge in [-0.3, -0.25) is 0 Å². The second-order valence-electron chi connectivity index (χ2n) is 5.32. The van der Waals surface area contributed by atoms with Crippen LogP contribution in [0.25, 0.3) is 5.65 Å². The molecule has 0 aliphatic carbocycles. The molecule has 1 unspecified atom stereocenters. The van der Waals surface area contributed by atoms with E-state index in [-0.39, 0.29) is 11.9 Å². The van der Waals surface area contributed by atoms with Gasteiger partial charge in [0, 0.05) is 12.2 Å². The first kappa shape index (κ1) is 13.5. The van der Waals surface area contributed by atoms with Gasteiger partial charge in [0.25, 0.3) is 0 Å². The Morgan fingerprint density at radius 1 is 1.24 bits per heavy atom. The number of aromatic nitrogens is 3. The lowest BCUT2D eigenvalue weighted by Crippen LogP contribution is -2.19. The molecule has 1 atom stereocenters. The predicted octanol–water partition coefficient (Wildman–Crippen LogP) is 3.22. The van der Waals surface area contributed by atoms with E-state index in [1.54, 1.807) is 16.6 Å². The molecule has 0 bridgehead atoms. The highest BCUT2D eigenvalue weighted by molar-refractivity contribution is 5.45. The molecule has 0 saturated carbocycles. The number of hydrogen-bond donors (Lipinski definition) is 1. The van der Waals surface area contributed by atoms with Crippen LogP contribution in [0, 0.1) is 12.7 Å². The predicted molar refractivity (Wildman–Crippen MR) is 80.9 cm³/mol. The first-order valence-corrected chi connectivity index (χ1v) is 6.94. The molecule has 0 spiro atoms. The number of halogens is 1. The number of nitrogens with zero attached hydrogens (tertiary/aromatic N) is 3. The highest BCUT2D eigenvalue weighted by Crippen LogP contribution is 2.11. The first-order chi connectivity index (χ1) is 10.1. The summed E-state index contributed by atoms with van der Waals surface area (Å²) in [5.41, 5.74) is 3.06. The monoisotopic (exact) mass is 284 g/mol. The number of anilines is 1. The minimum atomic E-state index is -0.211.